The SMILES string of the molecule is COC(=O)Nc1coc(C(=O)Nc2coc(C(=O)Nc3coc(C(=O)NCCc4ccc(O)cc4)c3)c2)c1. The van der Waals surface area contributed by atoms with E-state index in [0.717, 1.165) is 18.1 Å². The molecule has 0 saturated heterocycles. The number of phenols is 1. The normalized spacial score (nSPS) is 10.4. The van der Waals surface area contributed by atoms with Crippen molar-refractivity contribution in [2.24, 2.45) is 0 Å². The number of anilines is 3. The zero-order chi connectivity index (χ0) is 27.1. The molecule has 3 heterocycles. The quantitative estimate of drug-likeness (QED) is 0.218. The van der Waals surface area contributed by atoms with Gasteiger partial charge in [0.1, 0.15) is 24.5 Å². The van der Waals surface area contributed by atoms with E-state index in [1.54, 1.807) is 24.3 Å². The Labute approximate surface area is 214 Å². The average molecular weight is 522 g/mol. The molecular formula is C25H22N4O9. The van der Waals surface area contributed by atoms with E-state index in [-0.39, 0.29) is 40.1 Å². The van der Waals surface area contributed by atoms with Crippen LogP contribution >= 0.6 is 0 Å². The van der Waals surface area contributed by atoms with E-state index in [4.69, 9.17) is 13.3 Å². The zero-order valence-corrected chi connectivity index (χ0v) is 19.9. The molecule has 0 aliphatic rings. The van der Waals surface area contributed by atoms with Crippen LogP contribution in [-0.2, 0) is 11.2 Å². The van der Waals surface area contributed by atoms with Gasteiger partial charge in [-0.25, -0.2) is 4.79 Å². The van der Waals surface area contributed by atoms with Gasteiger partial charge in [0, 0.05) is 24.7 Å². The van der Waals surface area contributed by atoms with Crippen LogP contribution in [0.4, 0.5) is 21.9 Å². The molecule has 0 atom stereocenters. The Bertz CT molecular complexity index is 1450. The minimum Gasteiger partial charge on any atom is -0.508 e. The second kappa shape index (κ2) is 11.5. The number of phenolic OH excluding ortho intramolecular Hbond substituents is 1. The number of nitrogens with one attached hydrogen (secondary N) is 4. The lowest BCUT2D eigenvalue weighted by molar-refractivity contribution is 0.0925. The highest BCUT2D eigenvalue weighted by Crippen LogP contribution is 2.20. The Morgan fingerprint density at radius 2 is 1.21 bits per heavy atom. The molecule has 4 amide bonds. The number of ether oxygens (including phenoxy) is 1. The molecule has 0 fully saturated rings. The molecule has 0 bridgehead atoms. The van der Waals surface area contributed by atoms with Crippen LogP contribution in [0.5, 0.6) is 5.75 Å². The molecule has 0 unspecified atom stereocenters. The van der Waals surface area contributed by atoms with Gasteiger partial charge in [-0.05, 0) is 24.1 Å². The number of methoxy groups -OCH3 is 1. The van der Waals surface area contributed by atoms with Crippen LogP contribution < -0.4 is 21.3 Å². The number of benzene rings is 1. The summed E-state index contributed by atoms with van der Waals surface area (Å²) in [4.78, 5) is 48.4. The maximum atomic E-state index is 12.5. The monoisotopic (exact) mass is 522 g/mol. The van der Waals surface area contributed by atoms with Crippen molar-refractivity contribution in [1.29, 1.82) is 0 Å². The number of rotatable bonds is 9. The molecule has 0 saturated carbocycles. The Hall–Kier alpha value is -5.46. The molecule has 0 radical (unpaired) electrons. The summed E-state index contributed by atoms with van der Waals surface area (Å²) >= 11 is 0. The van der Waals surface area contributed by atoms with E-state index in [1.807, 2.05) is 0 Å². The predicted octanol–water partition coefficient (Wildman–Crippen LogP) is 3.83. The lowest BCUT2D eigenvalue weighted by atomic mass is 10.1. The lowest BCUT2D eigenvalue weighted by Crippen LogP contribution is -2.25. The van der Waals surface area contributed by atoms with Crippen LogP contribution in [0, 0.1) is 0 Å². The molecule has 4 aromatic rings. The predicted molar refractivity (Wildman–Crippen MR) is 132 cm³/mol. The highest BCUT2D eigenvalue weighted by atomic mass is 16.5. The van der Waals surface area contributed by atoms with Gasteiger partial charge in [-0.1, -0.05) is 12.1 Å². The van der Waals surface area contributed by atoms with Crippen LogP contribution in [-0.4, -0.2) is 42.6 Å². The van der Waals surface area contributed by atoms with Crippen molar-refractivity contribution in [2.75, 3.05) is 29.6 Å². The fourth-order valence-corrected chi connectivity index (χ4v) is 3.19. The van der Waals surface area contributed by atoms with Crippen LogP contribution in [0.3, 0.4) is 0 Å². The van der Waals surface area contributed by atoms with Gasteiger partial charge < -0.3 is 39.0 Å². The smallest absolute Gasteiger partial charge is 0.411 e. The van der Waals surface area contributed by atoms with Crippen LogP contribution in [0.2, 0.25) is 0 Å². The zero-order valence-electron chi connectivity index (χ0n) is 19.9. The summed E-state index contributed by atoms with van der Waals surface area (Å²) in [6.07, 6.45) is 3.36. The highest BCUT2D eigenvalue weighted by Gasteiger charge is 2.18. The van der Waals surface area contributed by atoms with E-state index in [1.165, 1.54) is 31.6 Å². The summed E-state index contributed by atoms with van der Waals surface area (Å²) in [6.45, 7) is 0.341. The van der Waals surface area contributed by atoms with Crippen molar-refractivity contribution < 1.29 is 42.3 Å². The standard InChI is InChI=1S/C25H22N4O9/c1-35-25(34)29-17-10-21(38-13-17)24(33)28-16-9-20(37-12-16)23(32)27-15-8-19(36-11-15)22(31)26-7-6-14-2-4-18(30)5-3-14/h2-5,8-13,30H,6-7H2,1H3,(H,26,31)(H,27,32)(H,28,33)(H,29,34). The summed E-state index contributed by atoms with van der Waals surface area (Å²) in [5, 5.41) is 19.4. The van der Waals surface area contributed by atoms with Crippen molar-refractivity contribution in [3.05, 3.63) is 84.1 Å². The molecule has 38 heavy (non-hydrogen) atoms. The number of carbonyl (C=O) groups excluding carboxylic acids is 4. The van der Waals surface area contributed by atoms with E-state index in [0.29, 0.717) is 13.0 Å². The second-order valence-electron chi connectivity index (χ2n) is 7.80. The van der Waals surface area contributed by atoms with E-state index in [2.05, 4.69) is 26.0 Å². The summed E-state index contributed by atoms with van der Waals surface area (Å²) in [6, 6.07) is 10.6. The molecule has 0 aliphatic carbocycles. The molecule has 13 heteroatoms. The van der Waals surface area contributed by atoms with Gasteiger partial charge in [0.05, 0.1) is 24.2 Å². The molecule has 3 aromatic heterocycles. The fraction of sp³-hybridized carbons (Fsp3) is 0.120. The van der Waals surface area contributed by atoms with Gasteiger partial charge in [-0.15, -0.1) is 0 Å². The Morgan fingerprint density at radius 1 is 0.737 bits per heavy atom. The highest BCUT2D eigenvalue weighted by molar-refractivity contribution is 6.06. The van der Waals surface area contributed by atoms with E-state index < -0.39 is 23.8 Å². The number of amides is 4. The minimum absolute atomic E-state index is 0.00194. The molecule has 196 valence electrons. The third-order valence-electron chi connectivity index (χ3n) is 5.05. The van der Waals surface area contributed by atoms with E-state index in [9.17, 15) is 24.3 Å². The summed E-state index contributed by atoms with van der Waals surface area (Å²) in [5.74, 6) is -1.81. The lowest BCUT2D eigenvalue weighted by Gasteiger charge is -2.03. The van der Waals surface area contributed by atoms with E-state index >= 15 is 0 Å². The summed E-state index contributed by atoms with van der Waals surface area (Å²) < 4.78 is 20.0. The van der Waals surface area contributed by atoms with Crippen molar-refractivity contribution in [1.82, 2.24) is 5.32 Å². The first-order valence-corrected chi connectivity index (χ1v) is 11.1. The topological polar surface area (TPSA) is 185 Å². The Balaban J connectivity index is 1.26. The number of carbonyl (C=O) groups is 4. The van der Waals surface area contributed by atoms with Crippen molar-refractivity contribution in [3.63, 3.8) is 0 Å². The number of furan rings is 3. The second-order valence-corrected chi connectivity index (χ2v) is 7.80. The first kappa shape index (κ1) is 25.6. The Morgan fingerprint density at radius 3 is 1.71 bits per heavy atom. The maximum absolute atomic E-state index is 12.5. The van der Waals surface area contributed by atoms with Crippen molar-refractivity contribution >= 4 is 40.9 Å². The van der Waals surface area contributed by atoms with Gasteiger partial charge in [0.15, 0.2) is 17.3 Å². The first-order chi connectivity index (χ1) is 18.3. The average Bonchev–Trinajstić information content (AvgIpc) is 3.66. The molecule has 1 aromatic carbocycles. The first-order valence-electron chi connectivity index (χ1n) is 11.1. The van der Waals surface area contributed by atoms with Crippen LogP contribution in [0.1, 0.15) is 37.2 Å². The number of hydrogen-bond donors (Lipinski definition) is 5. The number of hydrogen-bond acceptors (Lipinski definition) is 9. The minimum atomic E-state index is -0.723. The van der Waals surface area contributed by atoms with Crippen molar-refractivity contribution in [2.45, 2.75) is 6.42 Å². The Kier molecular flexibility index (Phi) is 7.77. The molecule has 0 spiro atoms. The molecule has 0 aliphatic heterocycles. The van der Waals surface area contributed by atoms with Gasteiger partial charge >= 0.3 is 6.09 Å². The molecule has 4 rings (SSSR count). The maximum Gasteiger partial charge on any atom is 0.411 e. The van der Waals surface area contributed by atoms with Gasteiger partial charge in [0.2, 0.25) is 0 Å². The fourth-order valence-electron chi connectivity index (χ4n) is 3.19. The van der Waals surface area contributed by atoms with Crippen molar-refractivity contribution in [3.8, 4) is 5.75 Å². The van der Waals surface area contributed by atoms with Gasteiger partial charge in [-0.3, -0.25) is 19.7 Å². The summed E-state index contributed by atoms with van der Waals surface area (Å²) in [5.41, 5.74) is 1.57. The third-order valence-corrected chi connectivity index (χ3v) is 5.05. The van der Waals surface area contributed by atoms with Crippen LogP contribution in [0.15, 0.2) is 74.5 Å². The number of aromatic hydroxyl groups is 1. The third kappa shape index (κ3) is 6.60. The molecular weight excluding hydrogens is 500 g/mol. The van der Waals surface area contributed by atoms with Gasteiger partial charge in [0.25, 0.3) is 17.7 Å². The molecule has 5 N–H and O–H groups in total. The van der Waals surface area contributed by atoms with Gasteiger partial charge in [-0.2, -0.15) is 0 Å². The molecule has 13 nitrogen and oxygen atoms in total. The van der Waals surface area contributed by atoms with Crippen LogP contribution in [0.25, 0.3) is 0 Å². The largest absolute Gasteiger partial charge is 0.508 e. The summed E-state index contributed by atoms with van der Waals surface area (Å²) in [7, 11) is 1.20.